The lowest BCUT2D eigenvalue weighted by Crippen LogP contribution is -2.40. The highest BCUT2D eigenvalue weighted by Crippen LogP contribution is 2.29. The fourth-order valence-electron chi connectivity index (χ4n) is 4.52. The van der Waals surface area contributed by atoms with E-state index in [1.165, 1.54) is 0 Å². The third-order valence-electron chi connectivity index (χ3n) is 6.83. The van der Waals surface area contributed by atoms with Crippen molar-refractivity contribution in [2.75, 3.05) is 13.1 Å². The molecule has 2 aliphatic rings. The van der Waals surface area contributed by atoms with Crippen LogP contribution in [0.3, 0.4) is 0 Å². The number of aryl methyl sites for hydroxylation is 1. The van der Waals surface area contributed by atoms with Crippen LogP contribution >= 0.6 is 0 Å². The Morgan fingerprint density at radius 3 is 2.22 bits per heavy atom. The van der Waals surface area contributed by atoms with Gasteiger partial charge < -0.3 is 14.6 Å². The van der Waals surface area contributed by atoms with Gasteiger partial charge in [-0.2, -0.15) is 0 Å². The molecule has 2 N–H and O–H groups in total. The van der Waals surface area contributed by atoms with Crippen LogP contribution in [-0.2, 0) is 10.3 Å². The molecule has 2 saturated heterocycles. The molecular weight excluding hydrogens is 462 g/mol. The molecule has 10 heteroatoms. The number of urea groups is 1. The molecule has 1 atom stereocenters. The van der Waals surface area contributed by atoms with Gasteiger partial charge in [0.2, 0.25) is 11.7 Å². The first-order valence-electron chi connectivity index (χ1n) is 11.7. The Morgan fingerprint density at radius 2 is 1.61 bits per heavy atom. The first-order chi connectivity index (χ1) is 17.2. The minimum absolute atomic E-state index is 0.0340. The van der Waals surface area contributed by atoms with Crippen molar-refractivity contribution in [3.05, 3.63) is 82.6 Å². The molecule has 1 aromatic heterocycles. The van der Waals surface area contributed by atoms with E-state index in [-0.39, 0.29) is 23.5 Å². The summed E-state index contributed by atoms with van der Waals surface area (Å²) in [7, 11) is 0. The van der Waals surface area contributed by atoms with Crippen molar-refractivity contribution >= 4 is 23.6 Å². The van der Waals surface area contributed by atoms with E-state index >= 15 is 0 Å². The maximum atomic E-state index is 13.0. The number of piperidine rings is 1. The second-order valence-electron chi connectivity index (χ2n) is 9.32. The highest BCUT2D eigenvalue weighted by molar-refractivity contribution is 6.07. The Kier molecular flexibility index (Phi) is 5.87. The number of nitrogens with zero attached hydrogens (tertiary/aromatic N) is 3. The van der Waals surface area contributed by atoms with Crippen LogP contribution < -0.4 is 10.6 Å². The number of benzene rings is 2. The molecule has 4 amide bonds. The van der Waals surface area contributed by atoms with Gasteiger partial charge >= 0.3 is 6.03 Å². The fraction of sp³-hybridized carbons (Fsp3) is 0.308. The maximum Gasteiger partial charge on any atom is 0.322 e. The molecule has 3 aromatic rings. The summed E-state index contributed by atoms with van der Waals surface area (Å²) in [6.07, 6.45) is 1.27. The second-order valence-corrected chi connectivity index (χ2v) is 9.32. The quantitative estimate of drug-likeness (QED) is 0.417. The molecule has 10 nitrogen and oxygen atoms in total. The van der Waals surface area contributed by atoms with Crippen molar-refractivity contribution in [3.63, 3.8) is 0 Å². The molecule has 2 fully saturated rings. The van der Waals surface area contributed by atoms with E-state index in [1.54, 1.807) is 48.2 Å². The van der Waals surface area contributed by atoms with Gasteiger partial charge in [-0.1, -0.05) is 42.0 Å². The van der Waals surface area contributed by atoms with E-state index < -0.39 is 17.5 Å². The topological polar surface area (TPSA) is 134 Å². The molecule has 0 bridgehead atoms. The highest BCUT2D eigenvalue weighted by atomic mass is 16.4. The predicted molar refractivity (Wildman–Crippen MR) is 127 cm³/mol. The fourth-order valence-corrected chi connectivity index (χ4v) is 4.52. The average Bonchev–Trinajstić information content (AvgIpc) is 3.48. The maximum absolute atomic E-state index is 13.0. The summed E-state index contributed by atoms with van der Waals surface area (Å²) >= 11 is 0. The summed E-state index contributed by atoms with van der Waals surface area (Å²) in [6, 6.07) is 13.3. The molecule has 0 radical (unpaired) electrons. The van der Waals surface area contributed by atoms with Crippen LogP contribution in [0, 0.1) is 6.92 Å². The van der Waals surface area contributed by atoms with Gasteiger partial charge in [-0.15, -0.1) is 10.2 Å². The lowest BCUT2D eigenvalue weighted by molar-refractivity contribution is -0.123. The molecule has 0 unspecified atom stereocenters. The summed E-state index contributed by atoms with van der Waals surface area (Å²) in [6.45, 7) is 4.57. The number of imide groups is 1. The number of amides is 4. The largest absolute Gasteiger partial charge is 0.418 e. The molecule has 2 aliphatic heterocycles. The second kappa shape index (κ2) is 9.03. The van der Waals surface area contributed by atoms with Crippen LogP contribution in [-0.4, -0.2) is 51.8 Å². The standard InChI is InChI=1S/C26H25N5O5/c1-15-3-5-16(6-4-15)20(32)22-30-29-21(36-22)17-11-13-31(14-12-17)23(33)18-7-9-19(10-8-18)26(2)24(34)27-25(35)28-26/h3-10,17H,11-14H2,1-2H3,(H2,27,28,34,35)/t26-/m1/s1. The van der Waals surface area contributed by atoms with Gasteiger partial charge in [-0.25, -0.2) is 4.79 Å². The predicted octanol–water partition coefficient (Wildman–Crippen LogP) is 2.68. The highest BCUT2D eigenvalue weighted by Gasteiger charge is 2.43. The van der Waals surface area contributed by atoms with Crippen molar-refractivity contribution in [1.82, 2.24) is 25.7 Å². The van der Waals surface area contributed by atoms with Gasteiger partial charge in [-0.05, 0) is 44.4 Å². The number of hydrogen-bond donors (Lipinski definition) is 2. The van der Waals surface area contributed by atoms with Gasteiger partial charge in [0.1, 0.15) is 5.54 Å². The van der Waals surface area contributed by atoms with Gasteiger partial charge in [0, 0.05) is 30.1 Å². The van der Waals surface area contributed by atoms with Crippen LogP contribution in [0.4, 0.5) is 4.79 Å². The van der Waals surface area contributed by atoms with Crippen molar-refractivity contribution in [1.29, 1.82) is 0 Å². The Balaban J connectivity index is 1.20. The molecule has 3 heterocycles. The minimum atomic E-state index is -1.17. The van der Waals surface area contributed by atoms with Crippen LogP contribution in [0.1, 0.15) is 69.3 Å². The Bertz CT molecular complexity index is 1340. The number of nitrogens with one attached hydrogen (secondary N) is 2. The first kappa shape index (κ1) is 23.4. The minimum Gasteiger partial charge on any atom is -0.418 e. The van der Waals surface area contributed by atoms with Gasteiger partial charge in [0.15, 0.2) is 0 Å². The van der Waals surface area contributed by atoms with E-state index in [0.29, 0.717) is 48.5 Å². The van der Waals surface area contributed by atoms with E-state index in [0.717, 1.165) is 5.56 Å². The molecular formula is C26H25N5O5. The summed E-state index contributed by atoms with van der Waals surface area (Å²) in [4.78, 5) is 51.1. The summed E-state index contributed by atoms with van der Waals surface area (Å²) < 4.78 is 5.70. The number of carbonyl (C=O) groups excluding carboxylic acids is 4. The van der Waals surface area contributed by atoms with Crippen LogP contribution in [0.15, 0.2) is 52.9 Å². The van der Waals surface area contributed by atoms with E-state index in [9.17, 15) is 19.2 Å². The van der Waals surface area contributed by atoms with Gasteiger partial charge in [0.25, 0.3) is 17.7 Å². The lowest BCUT2D eigenvalue weighted by atomic mass is 9.91. The molecule has 0 aliphatic carbocycles. The van der Waals surface area contributed by atoms with E-state index in [2.05, 4.69) is 20.8 Å². The average molecular weight is 488 g/mol. The third-order valence-corrected chi connectivity index (χ3v) is 6.83. The van der Waals surface area contributed by atoms with Crippen molar-refractivity contribution in [3.8, 4) is 0 Å². The molecule has 2 aromatic carbocycles. The summed E-state index contributed by atoms with van der Waals surface area (Å²) in [5.41, 5.74) is 1.47. The number of hydrogen-bond acceptors (Lipinski definition) is 7. The van der Waals surface area contributed by atoms with Gasteiger partial charge in [-0.3, -0.25) is 19.7 Å². The Hall–Kier alpha value is -4.34. The Morgan fingerprint density at radius 1 is 0.972 bits per heavy atom. The van der Waals surface area contributed by atoms with Crippen molar-refractivity contribution in [2.45, 2.75) is 38.1 Å². The first-order valence-corrected chi connectivity index (χ1v) is 11.7. The number of rotatable bonds is 5. The summed E-state index contributed by atoms with van der Waals surface area (Å²) in [5.74, 6) is -0.522. The lowest BCUT2D eigenvalue weighted by Gasteiger charge is -2.30. The van der Waals surface area contributed by atoms with Crippen LogP contribution in [0.2, 0.25) is 0 Å². The molecule has 36 heavy (non-hydrogen) atoms. The molecule has 5 rings (SSSR count). The van der Waals surface area contributed by atoms with E-state index in [4.69, 9.17) is 4.42 Å². The number of aromatic nitrogens is 2. The molecule has 0 spiro atoms. The Labute approximate surface area is 207 Å². The molecule has 184 valence electrons. The van der Waals surface area contributed by atoms with Crippen LogP contribution in [0.5, 0.6) is 0 Å². The number of likely N-dealkylation sites (tertiary alicyclic amines) is 1. The van der Waals surface area contributed by atoms with Gasteiger partial charge in [0.05, 0.1) is 0 Å². The molecule has 0 saturated carbocycles. The smallest absolute Gasteiger partial charge is 0.322 e. The normalized spacial score (nSPS) is 20.2. The monoisotopic (exact) mass is 487 g/mol. The summed E-state index contributed by atoms with van der Waals surface area (Å²) in [5, 5.41) is 12.9. The van der Waals surface area contributed by atoms with Crippen molar-refractivity contribution in [2.24, 2.45) is 0 Å². The zero-order chi connectivity index (χ0) is 25.4. The third kappa shape index (κ3) is 4.26. The van der Waals surface area contributed by atoms with Crippen LogP contribution in [0.25, 0.3) is 0 Å². The number of ketones is 1. The SMILES string of the molecule is Cc1ccc(C(=O)c2nnc(C3CCN(C(=O)c4ccc([C@@]5(C)NC(=O)NC5=O)cc4)CC3)o2)cc1. The zero-order valence-electron chi connectivity index (χ0n) is 19.9. The van der Waals surface area contributed by atoms with Crippen molar-refractivity contribution < 1.29 is 23.6 Å². The number of carbonyl (C=O) groups is 4. The zero-order valence-corrected chi connectivity index (χ0v) is 19.9. The van der Waals surface area contributed by atoms with E-state index in [1.807, 2.05) is 19.1 Å².